The maximum Gasteiger partial charge on any atom is 0.291 e. The summed E-state index contributed by atoms with van der Waals surface area (Å²) in [6, 6.07) is 17.3. The lowest BCUT2D eigenvalue weighted by Crippen LogP contribution is -2.17. The number of hydrogen-bond donors (Lipinski definition) is 3. The molecule has 7 heteroatoms. The number of aromatic nitrogens is 3. The minimum absolute atomic E-state index is 0.279. The number of aryl methyl sites for hydroxylation is 1. The quantitative estimate of drug-likeness (QED) is 0.399. The van der Waals surface area contributed by atoms with E-state index in [-0.39, 0.29) is 5.91 Å². The highest BCUT2D eigenvalue weighted by molar-refractivity contribution is 6.20. The van der Waals surface area contributed by atoms with Gasteiger partial charge in [0.15, 0.2) is 5.82 Å². The predicted octanol–water partition coefficient (Wildman–Crippen LogP) is 4.38. The highest BCUT2D eigenvalue weighted by atomic mass is 16.2. The van der Waals surface area contributed by atoms with Crippen molar-refractivity contribution in [1.82, 2.24) is 14.5 Å². The summed E-state index contributed by atoms with van der Waals surface area (Å²) < 4.78 is 1.67. The van der Waals surface area contributed by atoms with Gasteiger partial charge in [0.05, 0.1) is 11.1 Å². The number of para-hydroxylation sites is 1. The molecule has 158 valence electrons. The summed E-state index contributed by atoms with van der Waals surface area (Å²) >= 11 is 0. The first kappa shape index (κ1) is 19.6. The van der Waals surface area contributed by atoms with E-state index in [1.165, 1.54) is 0 Å². The van der Waals surface area contributed by atoms with Crippen LogP contribution >= 0.6 is 0 Å². The van der Waals surface area contributed by atoms with Gasteiger partial charge in [-0.25, -0.2) is 4.98 Å². The van der Waals surface area contributed by atoms with E-state index in [9.17, 15) is 9.59 Å². The van der Waals surface area contributed by atoms with Crippen LogP contribution in [0, 0.1) is 6.92 Å². The Bertz CT molecular complexity index is 1530. The molecule has 0 saturated carbocycles. The smallest absolute Gasteiger partial charge is 0.291 e. The molecular weight excluding hydrogens is 402 g/mol. The van der Waals surface area contributed by atoms with Crippen LogP contribution in [0.5, 0.6) is 0 Å². The van der Waals surface area contributed by atoms with Crippen molar-refractivity contribution in [2.45, 2.75) is 6.92 Å². The van der Waals surface area contributed by atoms with Crippen LogP contribution < -0.4 is 11.1 Å². The second kappa shape index (κ2) is 7.39. The van der Waals surface area contributed by atoms with Crippen molar-refractivity contribution in [2.24, 2.45) is 12.8 Å². The molecule has 0 aliphatic heterocycles. The molecule has 2 aromatic heterocycles. The van der Waals surface area contributed by atoms with Crippen LogP contribution in [0.1, 0.15) is 26.5 Å². The van der Waals surface area contributed by atoms with E-state index in [1.807, 2.05) is 55.5 Å². The number of aromatic amines is 1. The molecule has 0 saturated heterocycles. The number of anilines is 1. The fourth-order valence-corrected chi connectivity index (χ4v) is 4.21. The van der Waals surface area contributed by atoms with Crippen molar-refractivity contribution in [3.63, 3.8) is 0 Å². The molecule has 5 aromatic rings. The number of benzene rings is 3. The average molecular weight is 423 g/mol. The zero-order valence-corrected chi connectivity index (χ0v) is 17.6. The standard InChI is InChI=1S/C25H21N5O2/c1-14-15(7-5-9-19(14)29-25(32)24-27-12-13-30(24)2)16-10-11-18(23(26)31)22-21(16)17-6-3-4-8-20(17)28-22/h3-13,28H,1-2H3,(H2,26,31)(H,29,32). The molecule has 0 spiro atoms. The Morgan fingerprint density at radius 3 is 2.59 bits per heavy atom. The van der Waals surface area contributed by atoms with Gasteiger partial charge in [0.2, 0.25) is 0 Å². The molecule has 0 bridgehead atoms. The van der Waals surface area contributed by atoms with Crippen LogP contribution in [0.3, 0.4) is 0 Å². The minimum atomic E-state index is -0.485. The molecular formula is C25H21N5O2. The summed E-state index contributed by atoms with van der Waals surface area (Å²) in [5.74, 6) is -0.431. The van der Waals surface area contributed by atoms with Crippen LogP contribution in [0.4, 0.5) is 5.69 Å². The summed E-state index contributed by atoms with van der Waals surface area (Å²) in [5, 5.41) is 4.89. The number of amides is 2. The number of nitrogens with one attached hydrogen (secondary N) is 2. The lowest BCUT2D eigenvalue weighted by molar-refractivity contribution is 0.0996. The van der Waals surface area contributed by atoms with Crippen molar-refractivity contribution in [3.05, 3.63) is 83.9 Å². The summed E-state index contributed by atoms with van der Waals surface area (Å²) in [7, 11) is 1.78. The number of nitrogens with zero attached hydrogens (tertiary/aromatic N) is 2. The zero-order valence-electron chi connectivity index (χ0n) is 17.6. The zero-order chi connectivity index (χ0) is 22.4. The third-order valence-corrected chi connectivity index (χ3v) is 5.82. The van der Waals surface area contributed by atoms with Gasteiger partial charge in [-0.2, -0.15) is 0 Å². The number of carbonyl (C=O) groups excluding carboxylic acids is 2. The van der Waals surface area contributed by atoms with Crippen molar-refractivity contribution >= 4 is 39.3 Å². The molecule has 0 aliphatic rings. The number of fused-ring (bicyclic) bond motifs is 3. The first-order valence-corrected chi connectivity index (χ1v) is 10.2. The van der Waals surface area contributed by atoms with Gasteiger partial charge in [-0.1, -0.05) is 36.4 Å². The molecule has 2 amide bonds. The van der Waals surface area contributed by atoms with Gasteiger partial charge in [-0.3, -0.25) is 9.59 Å². The summed E-state index contributed by atoms with van der Waals surface area (Å²) in [6.07, 6.45) is 3.32. The Balaban J connectivity index is 1.69. The highest BCUT2D eigenvalue weighted by Crippen LogP contribution is 2.39. The van der Waals surface area contributed by atoms with Crippen molar-refractivity contribution in [2.75, 3.05) is 5.32 Å². The molecule has 3 aromatic carbocycles. The van der Waals surface area contributed by atoms with Crippen molar-refractivity contribution in [1.29, 1.82) is 0 Å². The monoisotopic (exact) mass is 423 g/mol. The molecule has 0 fully saturated rings. The number of rotatable bonds is 4. The van der Waals surface area contributed by atoms with Crippen LogP contribution in [-0.4, -0.2) is 26.3 Å². The van der Waals surface area contributed by atoms with E-state index in [2.05, 4.69) is 15.3 Å². The normalized spacial score (nSPS) is 11.2. The van der Waals surface area contributed by atoms with E-state index >= 15 is 0 Å². The van der Waals surface area contributed by atoms with Gasteiger partial charge < -0.3 is 20.6 Å². The minimum Gasteiger partial charge on any atom is -0.366 e. The second-order valence-corrected chi connectivity index (χ2v) is 7.74. The van der Waals surface area contributed by atoms with E-state index in [0.717, 1.165) is 33.0 Å². The summed E-state index contributed by atoms with van der Waals surface area (Å²) in [4.78, 5) is 32.2. The maximum absolute atomic E-state index is 12.7. The largest absolute Gasteiger partial charge is 0.366 e. The average Bonchev–Trinajstić information content (AvgIpc) is 3.38. The third kappa shape index (κ3) is 3.02. The van der Waals surface area contributed by atoms with E-state index < -0.39 is 5.91 Å². The number of hydrogen-bond acceptors (Lipinski definition) is 3. The van der Waals surface area contributed by atoms with Crippen LogP contribution in [0.15, 0.2) is 67.0 Å². The molecule has 5 rings (SSSR count). The third-order valence-electron chi connectivity index (χ3n) is 5.82. The molecule has 2 heterocycles. The van der Waals surface area contributed by atoms with Gasteiger partial charge in [-0.15, -0.1) is 0 Å². The summed E-state index contributed by atoms with van der Waals surface area (Å²) in [5.41, 5.74) is 11.2. The van der Waals surface area contributed by atoms with Gasteiger partial charge in [0.1, 0.15) is 0 Å². The van der Waals surface area contributed by atoms with Gasteiger partial charge in [0.25, 0.3) is 11.8 Å². The molecule has 0 unspecified atom stereocenters. The topological polar surface area (TPSA) is 106 Å². The fourth-order valence-electron chi connectivity index (χ4n) is 4.21. The lowest BCUT2D eigenvalue weighted by Gasteiger charge is -2.14. The van der Waals surface area contributed by atoms with E-state index in [0.29, 0.717) is 22.6 Å². The van der Waals surface area contributed by atoms with Crippen LogP contribution in [-0.2, 0) is 7.05 Å². The fraction of sp³-hybridized carbons (Fsp3) is 0.0800. The van der Waals surface area contributed by atoms with Crippen molar-refractivity contribution < 1.29 is 9.59 Å². The molecule has 32 heavy (non-hydrogen) atoms. The highest BCUT2D eigenvalue weighted by Gasteiger charge is 2.19. The Kier molecular flexibility index (Phi) is 4.52. The number of primary amides is 1. The molecule has 7 nitrogen and oxygen atoms in total. The van der Waals surface area contributed by atoms with Gasteiger partial charge >= 0.3 is 0 Å². The van der Waals surface area contributed by atoms with Crippen LogP contribution in [0.2, 0.25) is 0 Å². The number of imidazole rings is 1. The number of nitrogens with two attached hydrogens (primary N) is 1. The van der Waals surface area contributed by atoms with Gasteiger partial charge in [-0.05, 0) is 41.8 Å². The Hall–Kier alpha value is -4.39. The number of H-pyrrole nitrogens is 1. The Morgan fingerprint density at radius 2 is 1.84 bits per heavy atom. The Morgan fingerprint density at radius 1 is 1.03 bits per heavy atom. The molecule has 0 aliphatic carbocycles. The van der Waals surface area contributed by atoms with Gasteiger partial charge in [0, 0.05) is 41.4 Å². The van der Waals surface area contributed by atoms with E-state index in [1.54, 1.807) is 30.1 Å². The molecule has 0 radical (unpaired) electrons. The first-order chi connectivity index (χ1) is 15.5. The Labute approximate surface area is 183 Å². The number of carbonyl (C=O) groups is 2. The predicted molar refractivity (Wildman–Crippen MR) is 126 cm³/mol. The second-order valence-electron chi connectivity index (χ2n) is 7.74. The first-order valence-electron chi connectivity index (χ1n) is 10.2. The SMILES string of the molecule is Cc1c(NC(=O)c2nccn2C)cccc1-c1ccc(C(N)=O)c2[nH]c3ccccc3c12. The summed E-state index contributed by atoms with van der Waals surface area (Å²) in [6.45, 7) is 1.96. The maximum atomic E-state index is 12.7. The van der Waals surface area contributed by atoms with Crippen molar-refractivity contribution in [3.8, 4) is 11.1 Å². The van der Waals surface area contributed by atoms with E-state index in [4.69, 9.17) is 5.73 Å². The molecule has 4 N–H and O–H groups in total. The molecule has 0 atom stereocenters. The van der Waals surface area contributed by atoms with Crippen LogP contribution in [0.25, 0.3) is 32.9 Å². The lowest BCUT2D eigenvalue weighted by atomic mass is 9.93.